The molecule has 0 saturated carbocycles. The van der Waals surface area contributed by atoms with Gasteiger partial charge in [-0.15, -0.1) is 0 Å². The Kier molecular flexibility index (Phi) is 6.13. The molecule has 2 aromatic rings. The zero-order chi connectivity index (χ0) is 25.4. The molecule has 1 saturated heterocycles. The number of para-hydroxylation sites is 1. The largest absolute Gasteiger partial charge is 0.350 e. The molecule has 0 aromatic heterocycles. The number of fused-ring (bicyclic) bond motifs is 1. The molecule has 3 aliphatic heterocycles. The Bertz CT molecular complexity index is 1430. The number of aromatic nitrogens is 3. The number of hydrogen-bond donors (Lipinski definition) is 0. The first-order chi connectivity index (χ1) is 17.3. The number of rotatable bonds is 4. The summed E-state index contributed by atoms with van der Waals surface area (Å²) in [5.74, 6) is -0.827. The van der Waals surface area contributed by atoms with Crippen LogP contribution in [0.4, 0.5) is 4.39 Å². The highest BCUT2D eigenvalue weighted by Crippen LogP contribution is 2.26. The van der Waals surface area contributed by atoms with Crippen LogP contribution < -0.4 is 5.56 Å². The smallest absolute Gasteiger partial charge is 0.282 e. The minimum Gasteiger partial charge on any atom is -0.350 e. The molecular formula is C27H26FN5O3. The van der Waals surface area contributed by atoms with E-state index in [9.17, 15) is 18.8 Å². The standard InChI is InChI=1S/C27H26FN5O3/c1-18(2)32-16-22(24-23(17-32)27(36)33(29-24)21-6-4-3-5-7-21)26(35)31-14-12-30(13-15-31)25(34)19-8-10-20(28)11-9-19/h3-11,16-18H,12-15H2,1-2H3. The molecule has 184 valence electrons. The van der Waals surface area contributed by atoms with Gasteiger partial charge in [-0.2, -0.15) is 9.78 Å². The summed E-state index contributed by atoms with van der Waals surface area (Å²) in [4.78, 5) is 43.0. The van der Waals surface area contributed by atoms with Crippen LogP contribution in [0.2, 0.25) is 0 Å². The summed E-state index contributed by atoms with van der Waals surface area (Å²) in [6.07, 6.45) is 3.48. The van der Waals surface area contributed by atoms with Gasteiger partial charge in [-0.25, -0.2) is 4.39 Å². The Hall–Kier alpha value is -4.27. The number of carbonyl (C=O) groups excluding carboxylic acids is 2. The second-order valence-electron chi connectivity index (χ2n) is 9.12. The minimum atomic E-state index is -0.397. The molecule has 0 spiro atoms. The van der Waals surface area contributed by atoms with E-state index < -0.39 is 5.82 Å². The molecule has 9 heteroatoms. The van der Waals surface area contributed by atoms with E-state index in [1.54, 1.807) is 34.3 Å². The summed E-state index contributed by atoms with van der Waals surface area (Å²) in [5.41, 5.74) is 1.84. The zero-order valence-electron chi connectivity index (χ0n) is 20.1. The number of benzene rings is 2. The van der Waals surface area contributed by atoms with Crippen molar-refractivity contribution in [2.24, 2.45) is 0 Å². The van der Waals surface area contributed by atoms with Gasteiger partial charge < -0.3 is 14.4 Å². The Morgan fingerprint density at radius 1 is 0.861 bits per heavy atom. The minimum absolute atomic E-state index is 0.0330. The van der Waals surface area contributed by atoms with Gasteiger partial charge in [0.25, 0.3) is 17.4 Å². The number of nitrogens with zero attached hydrogens (tertiary/aromatic N) is 5. The molecule has 2 amide bonds. The Morgan fingerprint density at radius 3 is 2.08 bits per heavy atom. The molecule has 0 atom stereocenters. The number of halogens is 1. The number of amides is 2. The average Bonchev–Trinajstić information content (AvgIpc) is 3.24. The van der Waals surface area contributed by atoms with E-state index in [0.29, 0.717) is 54.3 Å². The second-order valence-corrected chi connectivity index (χ2v) is 9.12. The third-order valence-electron chi connectivity index (χ3n) is 6.46. The van der Waals surface area contributed by atoms with Crippen LogP contribution in [0, 0.1) is 5.82 Å². The maximum Gasteiger partial charge on any atom is 0.282 e. The summed E-state index contributed by atoms with van der Waals surface area (Å²) < 4.78 is 16.4. The van der Waals surface area contributed by atoms with Crippen LogP contribution in [0.25, 0.3) is 16.9 Å². The third kappa shape index (κ3) is 4.28. The van der Waals surface area contributed by atoms with Crippen LogP contribution >= 0.6 is 0 Å². The predicted octanol–water partition coefficient (Wildman–Crippen LogP) is 3.46. The van der Waals surface area contributed by atoms with Gasteiger partial charge in [0.05, 0.1) is 16.8 Å². The van der Waals surface area contributed by atoms with E-state index in [4.69, 9.17) is 0 Å². The molecule has 0 radical (unpaired) electrons. The quantitative estimate of drug-likeness (QED) is 0.442. The molecule has 8 nitrogen and oxygen atoms in total. The molecule has 36 heavy (non-hydrogen) atoms. The van der Waals surface area contributed by atoms with Crippen molar-refractivity contribution in [3.63, 3.8) is 0 Å². The van der Waals surface area contributed by atoms with E-state index in [0.717, 1.165) is 0 Å². The maximum atomic E-state index is 13.6. The number of piperazine rings is 1. The monoisotopic (exact) mass is 487 g/mol. The Morgan fingerprint density at radius 2 is 1.47 bits per heavy atom. The lowest BCUT2D eigenvalue weighted by atomic mass is 10.1. The van der Waals surface area contributed by atoms with Gasteiger partial charge in [0.15, 0.2) is 0 Å². The lowest BCUT2D eigenvalue weighted by molar-refractivity contribution is 0.0535. The van der Waals surface area contributed by atoms with Crippen molar-refractivity contribution < 1.29 is 14.0 Å². The molecule has 3 aliphatic rings. The van der Waals surface area contributed by atoms with Crippen LogP contribution in [0.1, 0.15) is 40.6 Å². The van der Waals surface area contributed by atoms with Crippen LogP contribution in [-0.2, 0) is 0 Å². The van der Waals surface area contributed by atoms with Gasteiger partial charge >= 0.3 is 0 Å². The molecule has 0 N–H and O–H groups in total. The van der Waals surface area contributed by atoms with Crippen molar-refractivity contribution in [2.75, 3.05) is 26.2 Å². The van der Waals surface area contributed by atoms with Gasteiger partial charge in [-0.05, 0) is 50.2 Å². The molecule has 0 aliphatic carbocycles. The molecule has 1 fully saturated rings. The lowest BCUT2D eigenvalue weighted by Crippen LogP contribution is -2.50. The highest BCUT2D eigenvalue weighted by Gasteiger charge is 2.30. The van der Waals surface area contributed by atoms with Crippen molar-refractivity contribution in [2.45, 2.75) is 19.9 Å². The maximum absolute atomic E-state index is 13.6. The van der Waals surface area contributed by atoms with Gasteiger partial charge in [0, 0.05) is 50.2 Å². The van der Waals surface area contributed by atoms with Gasteiger partial charge in [-0.1, -0.05) is 18.2 Å². The van der Waals surface area contributed by atoms with Gasteiger partial charge in [-0.3, -0.25) is 14.4 Å². The molecule has 0 unspecified atom stereocenters. The van der Waals surface area contributed by atoms with E-state index in [-0.39, 0.29) is 23.4 Å². The number of hydrogen-bond acceptors (Lipinski definition) is 4. The Balaban J connectivity index is 1.42. The van der Waals surface area contributed by atoms with Crippen molar-refractivity contribution in [3.8, 4) is 16.9 Å². The van der Waals surface area contributed by atoms with Crippen molar-refractivity contribution >= 4 is 11.8 Å². The Labute approximate surface area is 207 Å². The van der Waals surface area contributed by atoms with E-state index in [2.05, 4.69) is 5.10 Å². The summed E-state index contributed by atoms with van der Waals surface area (Å²) in [6.45, 7) is 5.35. The van der Waals surface area contributed by atoms with E-state index >= 15 is 0 Å². The third-order valence-corrected chi connectivity index (χ3v) is 6.46. The van der Waals surface area contributed by atoms with Crippen LogP contribution in [-0.4, -0.2) is 62.1 Å². The first kappa shape index (κ1) is 23.5. The number of pyridine rings is 1. The molecular weight excluding hydrogens is 461 g/mol. The van der Waals surface area contributed by atoms with Crippen LogP contribution in [0.3, 0.4) is 0 Å². The molecule has 3 heterocycles. The highest BCUT2D eigenvalue weighted by atomic mass is 19.1. The average molecular weight is 488 g/mol. The van der Waals surface area contributed by atoms with Crippen LogP contribution in [0.15, 0.2) is 71.8 Å². The van der Waals surface area contributed by atoms with E-state index in [1.807, 2.05) is 36.6 Å². The van der Waals surface area contributed by atoms with Crippen LogP contribution in [0.5, 0.6) is 0 Å². The fraction of sp³-hybridized carbons (Fsp3) is 0.259. The van der Waals surface area contributed by atoms with Gasteiger partial charge in [0.1, 0.15) is 11.5 Å². The number of carbonyl (C=O) groups is 2. The first-order valence-electron chi connectivity index (χ1n) is 11.9. The normalized spacial score (nSPS) is 14.0. The zero-order valence-corrected chi connectivity index (χ0v) is 20.1. The fourth-order valence-corrected chi connectivity index (χ4v) is 4.38. The lowest BCUT2D eigenvalue weighted by Gasteiger charge is -2.35. The summed E-state index contributed by atoms with van der Waals surface area (Å²) in [6, 6.07) is 14.6. The second kappa shape index (κ2) is 9.41. The molecule has 2 aromatic carbocycles. The highest BCUT2D eigenvalue weighted by molar-refractivity contribution is 6.00. The summed E-state index contributed by atoms with van der Waals surface area (Å²) in [5, 5.41) is 4.54. The van der Waals surface area contributed by atoms with Crippen molar-refractivity contribution in [1.29, 1.82) is 0 Å². The molecule has 5 rings (SSSR count). The van der Waals surface area contributed by atoms with Crippen molar-refractivity contribution in [1.82, 2.24) is 24.1 Å². The topological polar surface area (TPSA) is 80.4 Å². The van der Waals surface area contributed by atoms with Gasteiger partial charge in [0.2, 0.25) is 0 Å². The van der Waals surface area contributed by atoms with E-state index in [1.165, 1.54) is 28.9 Å². The summed E-state index contributed by atoms with van der Waals surface area (Å²) >= 11 is 0. The SMILES string of the molecule is CC(C)n1cc(C(=O)N2CCN(C(=O)c3ccc(F)cc3)CC2)c2nn(-c3ccccc3)c(=O)c-2c1. The van der Waals surface area contributed by atoms with Crippen molar-refractivity contribution in [3.05, 3.63) is 94.3 Å². The fourth-order valence-electron chi connectivity index (χ4n) is 4.38. The first-order valence-corrected chi connectivity index (χ1v) is 11.9. The molecule has 0 bridgehead atoms. The predicted molar refractivity (Wildman–Crippen MR) is 133 cm³/mol. The summed E-state index contributed by atoms with van der Waals surface area (Å²) in [7, 11) is 0.